The van der Waals surface area contributed by atoms with Crippen molar-refractivity contribution in [3.8, 4) is 28.4 Å². The minimum absolute atomic E-state index is 0.158. The third kappa shape index (κ3) is 7.55. The van der Waals surface area contributed by atoms with E-state index in [4.69, 9.17) is 9.47 Å². The Kier molecular flexibility index (Phi) is 9.24. The number of phenols is 1. The Hall–Kier alpha value is -5.89. The van der Waals surface area contributed by atoms with E-state index in [0.717, 1.165) is 16.7 Å². The van der Waals surface area contributed by atoms with Crippen LogP contribution < -0.4 is 20.1 Å². The number of esters is 1. The number of aromatic hydroxyl groups is 1. The number of hydrogen-bond donors (Lipinski definition) is 3. The molecule has 226 valence electrons. The largest absolute Gasteiger partial charge is 0.508 e. The van der Waals surface area contributed by atoms with Gasteiger partial charge in [-0.1, -0.05) is 56.3 Å². The van der Waals surface area contributed by atoms with Crippen LogP contribution in [0.15, 0.2) is 115 Å². The molecule has 5 aromatic carbocycles. The molecular weight excluding hydrogens is 568 g/mol. The van der Waals surface area contributed by atoms with E-state index < -0.39 is 11.9 Å². The Labute approximate surface area is 261 Å². The van der Waals surface area contributed by atoms with Crippen LogP contribution in [0.3, 0.4) is 0 Å². The van der Waals surface area contributed by atoms with Gasteiger partial charge in [0.25, 0.3) is 11.8 Å². The summed E-state index contributed by atoms with van der Waals surface area (Å²) in [5.41, 5.74) is 4.38. The standard InChI is InChI=1S/C37H32N2O6/c1-23(2)25-7-6-12-32(21-25)45-37(43)29-11-5-10-28(20-29)35(41)38-30-15-18-34(44-3)33(22-30)39-36(42)27-9-4-8-26(19-27)24-13-16-31(40)17-14-24/h4-23,40H,1-3H3,(H,38,41)(H,39,42). The predicted octanol–water partition coefficient (Wildman–Crippen LogP) is 7.92. The first-order valence-corrected chi connectivity index (χ1v) is 14.3. The van der Waals surface area contributed by atoms with Crippen molar-refractivity contribution in [1.82, 2.24) is 0 Å². The maximum atomic E-state index is 13.2. The SMILES string of the molecule is COc1ccc(NC(=O)c2cccc(C(=O)Oc3cccc(C(C)C)c3)c2)cc1NC(=O)c1cccc(-c2ccc(O)cc2)c1. The highest BCUT2D eigenvalue weighted by Crippen LogP contribution is 2.30. The first-order chi connectivity index (χ1) is 21.7. The summed E-state index contributed by atoms with van der Waals surface area (Å²) >= 11 is 0. The average molecular weight is 601 g/mol. The molecule has 0 spiro atoms. The molecule has 0 unspecified atom stereocenters. The van der Waals surface area contributed by atoms with Gasteiger partial charge in [-0.2, -0.15) is 0 Å². The Morgan fingerprint density at radius 2 is 1.33 bits per heavy atom. The molecule has 8 nitrogen and oxygen atoms in total. The highest BCUT2D eigenvalue weighted by molar-refractivity contribution is 6.08. The number of nitrogens with one attached hydrogen (secondary N) is 2. The number of anilines is 2. The van der Waals surface area contributed by atoms with E-state index in [1.807, 2.05) is 24.3 Å². The van der Waals surface area contributed by atoms with Gasteiger partial charge in [-0.25, -0.2) is 4.79 Å². The van der Waals surface area contributed by atoms with E-state index in [2.05, 4.69) is 24.5 Å². The van der Waals surface area contributed by atoms with Crippen LogP contribution in [0.4, 0.5) is 11.4 Å². The summed E-state index contributed by atoms with van der Waals surface area (Å²) in [6, 6.07) is 32.3. The third-order valence-corrected chi connectivity index (χ3v) is 7.13. The fourth-order valence-electron chi connectivity index (χ4n) is 4.67. The predicted molar refractivity (Wildman–Crippen MR) is 174 cm³/mol. The molecule has 45 heavy (non-hydrogen) atoms. The van der Waals surface area contributed by atoms with Crippen molar-refractivity contribution in [2.24, 2.45) is 0 Å². The summed E-state index contributed by atoms with van der Waals surface area (Å²) < 4.78 is 11.0. The molecule has 0 aliphatic rings. The van der Waals surface area contributed by atoms with Crippen molar-refractivity contribution in [2.75, 3.05) is 17.7 Å². The van der Waals surface area contributed by atoms with Gasteiger partial charge in [-0.15, -0.1) is 0 Å². The van der Waals surface area contributed by atoms with Crippen LogP contribution >= 0.6 is 0 Å². The molecule has 0 fully saturated rings. The minimum Gasteiger partial charge on any atom is -0.508 e. The van der Waals surface area contributed by atoms with Gasteiger partial charge in [0.1, 0.15) is 17.2 Å². The number of hydrogen-bond acceptors (Lipinski definition) is 6. The smallest absolute Gasteiger partial charge is 0.343 e. The molecule has 2 amide bonds. The quantitative estimate of drug-likeness (QED) is 0.117. The van der Waals surface area contributed by atoms with Gasteiger partial charge < -0.3 is 25.2 Å². The Morgan fingerprint density at radius 3 is 2.07 bits per heavy atom. The van der Waals surface area contributed by atoms with Crippen molar-refractivity contribution < 1.29 is 29.0 Å². The van der Waals surface area contributed by atoms with Crippen LogP contribution in [-0.4, -0.2) is 30.0 Å². The third-order valence-electron chi connectivity index (χ3n) is 7.13. The van der Waals surface area contributed by atoms with E-state index in [-0.39, 0.29) is 28.7 Å². The second-order valence-electron chi connectivity index (χ2n) is 10.6. The average Bonchev–Trinajstić information content (AvgIpc) is 3.05. The van der Waals surface area contributed by atoms with E-state index >= 15 is 0 Å². The number of amides is 2. The number of ether oxygens (including phenoxy) is 2. The zero-order valence-corrected chi connectivity index (χ0v) is 25.0. The lowest BCUT2D eigenvalue weighted by Gasteiger charge is -2.14. The monoisotopic (exact) mass is 600 g/mol. The first kappa shape index (κ1) is 30.6. The molecule has 0 atom stereocenters. The fourth-order valence-corrected chi connectivity index (χ4v) is 4.67. The van der Waals surface area contributed by atoms with Crippen LogP contribution in [0.2, 0.25) is 0 Å². The molecule has 0 bridgehead atoms. The molecule has 0 aliphatic carbocycles. The summed E-state index contributed by atoms with van der Waals surface area (Å²) in [6.45, 7) is 4.11. The maximum absolute atomic E-state index is 13.2. The molecule has 0 aromatic heterocycles. The van der Waals surface area contributed by atoms with E-state index in [9.17, 15) is 19.5 Å². The number of carbonyl (C=O) groups is 3. The van der Waals surface area contributed by atoms with Gasteiger partial charge in [-0.3, -0.25) is 9.59 Å². The van der Waals surface area contributed by atoms with Crippen LogP contribution in [0.1, 0.15) is 56.4 Å². The highest BCUT2D eigenvalue weighted by Gasteiger charge is 2.16. The topological polar surface area (TPSA) is 114 Å². The van der Waals surface area contributed by atoms with Crippen LogP contribution in [0.5, 0.6) is 17.2 Å². The van der Waals surface area contributed by atoms with Gasteiger partial charge >= 0.3 is 5.97 Å². The number of methoxy groups -OCH3 is 1. The summed E-state index contributed by atoms with van der Waals surface area (Å²) in [5, 5.41) is 15.3. The van der Waals surface area contributed by atoms with Gasteiger partial charge in [0.15, 0.2) is 0 Å². The molecule has 8 heteroatoms. The van der Waals surface area contributed by atoms with Crippen LogP contribution in [0.25, 0.3) is 11.1 Å². The van der Waals surface area contributed by atoms with Crippen molar-refractivity contribution in [3.05, 3.63) is 138 Å². The van der Waals surface area contributed by atoms with Crippen molar-refractivity contribution in [2.45, 2.75) is 19.8 Å². The summed E-state index contributed by atoms with van der Waals surface area (Å²) in [4.78, 5) is 39.3. The molecular formula is C37H32N2O6. The van der Waals surface area contributed by atoms with Crippen LogP contribution in [-0.2, 0) is 0 Å². The number of carbonyl (C=O) groups excluding carboxylic acids is 3. The molecule has 0 radical (unpaired) electrons. The summed E-state index contributed by atoms with van der Waals surface area (Å²) in [7, 11) is 1.48. The number of phenolic OH excluding ortho intramolecular Hbond substituents is 1. The molecule has 0 saturated heterocycles. The lowest BCUT2D eigenvalue weighted by atomic mass is 10.0. The van der Waals surface area contributed by atoms with E-state index in [0.29, 0.717) is 28.4 Å². The lowest BCUT2D eigenvalue weighted by Crippen LogP contribution is -2.16. The second kappa shape index (κ2) is 13.6. The molecule has 3 N–H and O–H groups in total. The first-order valence-electron chi connectivity index (χ1n) is 14.3. The zero-order chi connectivity index (χ0) is 31.9. The molecule has 5 rings (SSSR count). The van der Waals surface area contributed by atoms with Crippen LogP contribution in [0, 0.1) is 0 Å². The van der Waals surface area contributed by atoms with Gasteiger partial charge in [0.2, 0.25) is 0 Å². The van der Waals surface area contributed by atoms with Gasteiger partial charge in [0, 0.05) is 16.8 Å². The van der Waals surface area contributed by atoms with Crippen molar-refractivity contribution >= 4 is 29.2 Å². The maximum Gasteiger partial charge on any atom is 0.343 e. The van der Waals surface area contributed by atoms with Crippen molar-refractivity contribution in [3.63, 3.8) is 0 Å². The van der Waals surface area contributed by atoms with Crippen molar-refractivity contribution in [1.29, 1.82) is 0 Å². The van der Waals surface area contributed by atoms with E-state index in [1.54, 1.807) is 84.9 Å². The van der Waals surface area contributed by atoms with E-state index in [1.165, 1.54) is 13.2 Å². The van der Waals surface area contributed by atoms with Gasteiger partial charge in [0.05, 0.1) is 18.4 Å². The summed E-state index contributed by atoms with van der Waals surface area (Å²) in [6.07, 6.45) is 0. The Morgan fingerprint density at radius 1 is 0.667 bits per heavy atom. The second-order valence-corrected chi connectivity index (χ2v) is 10.6. The summed E-state index contributed by atoms with van der Waals surface area (Å²) in [5.74, 6) is -0.119. The fraction of sp³-hybridized carbons (Fsp3) is 0.108. The molecule has 0 aliphatic heterocycles. The normalized spacial score (nSPS) is 10.7. The molecule has 5 aromatic rings. The molecule has 0 saturated carbocycles. The Bertz CT molecular complexity index is 1860. The zero-order valence-electron chi connectivity index (χ0n) is 25.0. The number of benzene rings is 5. The lowest BCUT2D eigenvalue weighted by molar-refractivity contribution is 0.0734. The minimum atomic E-state index is -0.575. The Balaban J connectivity index is 1.29. The molecule has 0 heterocycles. The van der Waals surface area contributed by atoms with Gasteiger partial charge in [-0.05, 0) is 95.4 Å². The highest BCUT2D eigenvalue weighted by atomic mass is 16.5. The number of rotatable bonds is 9.